The number of rotatable bonds is 7. The minimum Gasteiger partial charge on any atom is -0.274 e. The van der Waals surface area contributed by atoms with Crippen LogP contribution in [0.15, 0.2) is 59.3 Å². The first kappa shape index (κ1) is 22.4. The highest BCUT2D eigenvalue weighted by Gasteiger charge is 2.35. The minimum atomic E-state index is -0.270. The van der Waals surface area contributed by atoms with Gasteiger partial charge in [-0.1, -0.05) is 24.3 Å². The van der Waals surface area contributed by atoms with Crippen LogP contribution in [0.25, 0.3) is 10.0 Å². The second kappa shape index (κ2) is 8.89. The van der Waals surface area contributed by atoms with Gasteiger partial charge in [-0.2, -0.15) is 0 Å². The van der Waals surface area contributed by atoms with Crippen molar-refractivity contribution in [2.24, 2.45) is 0 Å². The van der Waals surface area contributed by atoms with Crippen LogP contribution in [0, 0.1) is 0 Å². The summed E-state index contributed by atoms with van der Waals surface area (Å²) in [7, 11) is 0. The Morgan fingerprint density at radius 3 is 1.22 bits per heavy atom. The fraction of sp³-hybridized carbons (Fsp3) is 0.154. The standard InChI is InChI=1S/C26H18N4O4S2/c31-23-17-5-1-2-6-18(17)24(32)29(23)11-9-15-13-35-21(27-15)22-28-16(14-36-22)10-12-30-25(33)19-7-3-4-8-20(19)26(30)34/h1-8,13-14H,9-12H2. The Bertz CT molecular complexity index is 1370. The number of carbonyl (C=O) groups is 4. The topological polar surface area (TPSA) is 101 Å². The molecular weight excluding hydrogens is 496 g/mol. The molecular formula is C26H18N4O4S2. The molecule has 2 aliphatic heterocycles. The maximum atomic E-state index is 12.6. The molecule has 0 aliphatic carbocycles. The van der Waals surface area contributed by atoms with Crippen molar-refractivity contribution in [2.75, 3.05) is 13.1 Å². The van der Waals surface area contributed by atoms with Gasteiger partial charge in [-0.05, 0) is 24.3 Å². The molecule has 0 saturated heterocycles. The molecule has 4 aromatic rings. The number of thiazole rings is 2. The zero-order valence-electron chi connectivity index (χ0n) is 18.8. The second-order valence-electron chi connectivity index (χ2n) is 8.40. The van der Waals surface area contributed by atoms with Gasteiger partial charge in [-0.15, -0.1) is 22.7 Å². The van der Waals surface area contributed by atoms with Gasteiger partial charge in [0.05, 0.1) is 33.6 Å². The lowest BCUT2D eigenvalue weighted by Crippen LogP contribution is -2.31. The summed E-state index contributed by atoms with van der Waals surface area (Å²) in [5, 5.41) is 5.33. The van der Waals surface area contributed by atoms with E-state index in [0.717, 1.165) is 21.4 Å². The van der Waals surface area contributed by atoms with Gasteiger partial charge in [0.2, 0.25) is 0 Å². The molecule has 4 heterocycles. The van der Waals surface area contributed by atoms with E-state index in [0.29, 0.717) is 35.1 Å². The van der Waals surface area contributed by atoms with Crippen LogP contribution in [-0.4, -0.2) is 56.5 Å². The Morgan fingerprint density at radius 2 is 0.889 bits per heavy atom. The SMILES string of the molecule is O=C1c2ccccc2C(=O)N1CCc1csc(-c2nc(CCN3C(=O)c4ccccc4C3=O)cs2)n1. The largest absolute Gasteiger partial charge is 0.274 e. The number of benzene rings is 2. The number of aromatic nitrogens is 2. The van der Waals surface area contributed by atoms with Gasteiger partial charge in [-0.25, -0.2) is 9.97 Å². The van der Waals surface area contributed by atoms with Crippen LogP contribution in [0.5, 0.6) is 0 Å². The van der Waals surface area contributed by atoms with Gasteiger partial charge < -0.3 is 0 Å². The van der Waals surface area contributed by atoms with Gasteiger partial charge in [0.25, 0.3) is 23.6 Å². The van der Waals surface area contributed by atoms with E-state index >= 15 is 0 Å². The summed E-state index contributed by atoms with van der Waals surface area (Å²) in [4.78, 5) is 62.0. The number of fused-ring (bicyclic) bond motifs is 2. The summed E-state index contributed by atoms with van der Waals surface area (Å²) in [6.07, 6.45) is 0.917. The Kier molecular flexibility index (Phi) is 5.54. The first-order chi connectivity index (χ1) is 17.5. The van der Waals surface area contributed by atoms with Crippen LogP contribution >= 0.6 is 22.7 Å². The van der Waals surface area contributed by atoms with Crippen LogP contribution < -0.4 is 0 Å². The molecule has 0 atom stereocenters. The number of amides is 4. The summed E-state index contributed by atoms with van der Waals surface area (Å²) >= 11 is 2.91. The molecule has 178 valence electrons. The van der Waals surface area contributed by atoms with Gasteiger partial charge >= 0.3 is 0 Å². The highest BCUT2D eigenvalue weighted by Crippen LogP contribution is 2.29. The number of nitrogens with zero attached hydrogens (tertiary/aromatic N) is 4. The zero-order valence-corrected chi connectivity index (χ0v) is 20.5. The Labute approximate surface area is 213 Å². The number of hydrogen-bond acceptors (Lipinski definition) is 8. The first-order valence-corrected chi connectivity index (χ1v) is 13.1. The Morgan fingerprint density at radius 1 is 0.556 bits per heavy atom. The van der Waals surface area contributed by atoms with Gasteiger partial charge in [0.15, 0.2) is 10.0 Å². The third kappa shape index (κ3) is 3.75. The molecule has 0 unspecified atom stereocenters. The second-order valence-corrected chi connectivity index (χ2v) is 10.1. The minimum absolute atomic E-state index is 0.263. The Hall–Kier alpha value is -4.02. The molecule has 36 heavy (non-hydrogen) atoms. The van der Waals surface area contributed by atoms with Crippen LogP contribution in [-0.2, 0) is 12.8 Å². The average molecular weight is 515 g/mol. The fourth-order valence-electron chi connectivity index (χ4n) is 4.38. The molecule has 2 aromatic heterocycles. The highest BCUT2D eigenvalue weighted by atomic mass is 32.1. The van der Waals surface area contributed by atoms with Crippen LogP contribution in [0.3, 0.4) is 0 Å². The van der Waals surface area contributed by atoms with Crippen molar-refractivity contribution >= 4 is 46.3 Å². The smallest absolute Gasteiger partial charge is 0.261 e. The van der Waals surface area contributed by atoms with Gasteiger partial charge in [0.1, 0.15) is 0 Å². The van der Waals surface area contributed by atoms with Crippen LogP contribution in [0.2, 0.25) is 0 Å². The molecule has 0 radical (unpaired) electrons. The van der Waals surface area contributed by atoms with E-state index in [-0.39, 0.29) is 36.7 Å². The fourth-order valence-corrected chi connectivity index (χ4v) is 6.14. The van der Waals surface area contributed by atoms with Gasteiger partial charge in [0, 0.05) is 36.7 Å². The normalized spacial score (nSPS) is 14.7. The third-order valence-corrected chi connectivity index (χ3v) is 8.15. The number of carbonyl (C=O) groups excluding carboxylic acids is 4. The van der Waals surface area contributed by atoms with Crippen molar-refractivity contribution in [3.63, 3.8) is 0 Å². The van der Waals surface area contributed by atoms with E-state index in [2.05, 4.69) is 9.97 Å². The molecule has 0 fully saturated rings. The molecule has 0 bridgehead atoms. The summed E-state index contributed by atoms with van der Waals surface area (Å²) in [5.74, 6) is -1.08. The molecule has 0 spiro atoms. The number of imide groups is 2. The quantitative estimate of drug-likeness (QED) is 0.346. The molecule has 0 N–H and O–H groups in total. The molecule has 2 aromatic carbocycles. The van der Waals surface area contributed by atoms with Crippen molar-refractivity contribution in [3.8, 4) is 10.0 Å². The summed E-state index contributed by atoms with van der Waals surface area (Å²) in [6, 6.07) is 13.7. The number of hydrogen-bond donors (Lipinski definition) is 0. The molecule has 6 rings (SSSR count). The highest BCUT2D eigenvalue weighted by molar-refractivity contribution is 7.19. The zero-order chi connectivity index (χ0) is 24.8. The molecule has 4 amide bonds. The third-order valence-electron chi connectivity index (χ3n) is 6.23. The van der Waals surface area contributed by atoms with Crippen molar-refractivity contribution in [1.29, 1.82) is 0 Å². The first-order valence-electron chi connectivity index (χ1n) is 11.3. The molecule has 0 saturated carbocycles. The lowest BCUT2D eigenvalue weighted by atomic mass is 10.1. The van der Waals surface area contributed by atoms with E-state index in [4.69, 9.17) is 0 Å². The van der Waals surface area contributed by atoms with Crippen LogP contribution in [0.4, 0.5) is 0 Å². The predicted octanol–water partition coefficient (Wildman–Crippen LogP) is 3.94. The molecule has 2 aliphatic rings. The summed E-state index contributed by atoms with van der Waals surface area (Å²) in [5.41, 5.74) is 3.34. The van der Waals surface area contributed by atoms with E-state index < -0.39 is 0 Å². The van der Waals surface area contributed by atoms with Crippen molar-refractivity contribution in [1.82, 2.24) is 19.8 Å². The molecule has 10 heteroatoms. The van der Waals surface area contributed by atoms with Crippen molar-refractivity contribution in [2.45, 2.75) is 12.8 Å². The summed E-state index contributed by atoms with van der Waals surface area (Å²) in [6.45, 7) is 0.526. The van der Waals surface area contributed by atoms with E-state index in [1.807, 2.05) is 10.8 Å². The maximum Gasteiger partial charge on any atom is 0.261 e. The van der Waals surface area contributed by atoms with Crippen molar-refractivity contribution in [3.05, 3.63) is 92.9 Å². The van der Waals surface area contributed by atoms with E-state index in [1.54, 1.807) is 48.5 Å². The molecule has 8 nitrogen and oxygen atoms in total. The van der Waals surface area contributed by atoms with E-state index in [9.17, 15) is 19.2 Å². The average Bonchev–Trinajstić information content (AvgIpc) is 3.66. The maximum absolute atomic E-state index is 12.6. The Balaban J connectivity index is 1.08. The lowest BCUT2D eigenvalue weighted by molar-refractivity contribution is 0.0640. The lowest BCUT2D eigenvalue weighted by Gasteiger charge is -2.12. The monoisotopic (exact) mass is 514 g/mol. The predicted molar refractivity (Wildman–Crippen MR) is 134 cm³/mol. The van der Waals surface area contributed by atoms with Gasteiger partial charge in [-0.3, -0.25) is 29.0 Å². The van der Waals surface area contributed by atoms with E-state index in [1.165, 1.54) is 32.5 Å². The summed E-state index contributed by atoms with van der Waals surface area (Å²) < 4.78 is 0. The van der Waals surface area contributed by atoms with Crippen molar-refractivity contribution < 1.29 is 19.2 Å². The van der Waals surface area contributed by atoms with Crippen LogP contribution in [0.1, 0.15) is 52.8 Å².